The zero-order valence-corrected chi connectivity index (χ0v) is 10.1. The Morgan fingerprint density at radius 3 is 2.07 bits per heavy atom. The van der Waals surface area contributed by atoms with Gasteiger partial charge < -0.3 is 9.47 Å². The Morgan fingerprint density at radius 2 is 1.67 bits per heavy atom. The fourth-order valence-corrected chi connectivity index (χ4v) is 2.05. The van der Waals surface area contributed by atoms with Gasteiger partial charge in [0.05, 0.1) is 19.0 Å². The standard InChI is InChI=1S/C9H18O5S/c1-8(2)13-6-9(3,7-14-8)4-5-15(10,11)12/h4-7H2,1-3H3,(H,10,11,12). The molecule has 0 amide bonds. The van der Waals surface area contributed by atoms with E-state index in [0.717, 1.165) is 0 Å². The molecule has 0 spiro atoms. The van der Waals surface area contributed by atoms with Crippen molar-refractivity contribution < 1.29 is 22.4 Å². The molecule has 1 heterocycles. The molecule has 1 saturated heterocycles. The Kier molecular flexibility index (Phi) is 3.45. The average molecular weight is 238 g/mol. The minimum atomic E-state index is -3.90. The van der Waals surface area contributed by atoms with Crippen LogP contribution in [0.2, 0.25) is 0 Å². The summed E-state index contributed by atoms with van der Waals surface area (Å²) in [5.74, 6) is -0.853. The van der Waals surface area contributed by atoms with Gasteiger partial charge in [-0.2, -0.15) is 8.42 Å². The van der Waals surface area contributed by atoms with E-state index in [9.17, 15) is 8.42 Å². The van der Waals surface area contributed by atoms with Crippen molar-refractivity contribution in [1.29, 1.82) is 0 Å². The highest BCUT2D eigenvalue weighted by atomic mass is 32.2. The summed E-state index contributed by atoms with van der Waals surface area (Å²) in [6, 6.07) is 0. The highest BCUT2D eigenvalue weighted by Gasteiger charge is 2.37. The molecule has 0 saturated carbocycles. The lowest BCUT2D eigenvalue weighted by atomic mass is 9.88. The van der Waals surface area contributed by atoms with Gasteiger partial charge in [0.1, 0.15) is 0 Å². The Bertz CT molecular complexity index is 309. The quantitative estimate of drug-likeness (QED) is 0.744. The second-order valence-electron chi connectivity index (χ2n) is 4.82. The van der Waals surface area contributed by atoms with Gasteiger partial charge >= 0.3 is 0 Å². The molecular weight excluding hydrogens is 220 g/mol. The lowest BCUT2D eigenvalue weighted by Gasteiger charge is -2.41. The van der Waals surface area contributed by atoms with Crippen LogP contribution in [-0.2, 0) is 19.6 Å². The highest BCUT2D eigenvalue weighted by Crippen LogP contribution is 2.32. The molecule has 6 heteroatoms. The molecule has 90 valence electrons. The first-order valence-electron chi connectivity index (χ1n) is 4.85. The largest absolute Gasteiger partial charge is 0.350 e. The normalized spacial score (nSPS) is 25.1. The van der Waals surface area contributed by atoms with Crippen LogP contribution in [0.15, 0.2) is 0 Å². The Hall–Kier alpha value is -0.170. The van der Waals surface area contributed by atoms with Gasteiger partial charge in [-0.25, -0.2) is 0 Å². The van der Waals surface area contributed by atoms with Crippen molar-refractivity contribution in [2.75, 3.05) is 19.0 Å². The van der Waals surface area contributed by atoms with Gasteiger partial charge in [-0.15, -0.1) is 0 Å². The van der Waals surface area contributed by atoms with Gasteiger partial charge in [-0.05, 0) is 20.3 Å². The molecule has 0 aromatic rings. The third-order valence-electron chi connectivity index (χ3n) is 2.50. The highest BCUT2D eigenvalue weighted by molar-refractivity contribution is 7.85. The maximum Gasteiger partial charge on any atom is 0.264 e. The number of hydrogen-bond acceptors (Lipinski definition) is 4. The lowest BCUT2D eigenvalue weighted by Crippen LogP contribution is -2.45. The topological polar surface area (TPSA) is 72.8 Å². The monoisotopic (exact) mass is 238 g/mol. The summed E-state index contributed by atoms with van der Waals surface area (Å²) in [5.41, 5.74) is -0.342. The smallest absolute Gasteiger partial charge is 0.264 e. The van der Waals surface area contributed by atoms with Crippen molar-refractivity contribution in [3.63, 3.8) is 0 Å². The molecule has 1 aliphatic heterocycles. The van der Waals surface area contributed by atoms with Gasteiger partial charge in [0.15, 0.2) is 5.79 Å². The molecule has 15 heavy (non-hydrogen) atoms. The van der Waals surface area contributed by atoms with Crippen LogP contribution in [0.1, 0.15) is 27.2 Å². The molecule has 5 nitrogen and oxygen atoms in total. The molecule has 1 fully saturated rings. The lowest BCUT2D eigenvalue weighted by molar-refractivity contribution is -0.282. The Morgan fingerprint density at radius 1 is 1.20 bits per heavy atom. The maximum atomic E-state index is 10.6. The van der Waals surface area contributed by atoms with Crippen LogP contribution in [0.3, 0.4) is 0 Å². The summed E-state index contributed by atoms with van der Waals surface area (Å²) in [4.78, 5) is 0. The van der Waals surface area contributed by atoms with Crippen molar-refractivity contribution in [2.45, 2.75) is 33.0 Å². The van der Waals surface area contributed by atoms with Crippen LogP contribution in [0.5, 0.6) is 0 Å². The zero-order valence-electron chi connectivity index (χ0n) is 9.32. The van der Waals surface area contributed by atoms with Gasteiger partial charge in [-0.3, -0.25) is 4.55 Å². The van der Waals surface area contributed by atoms with Crippen LogP contribution in [0.4, 0.5) is 0 Å². The molecule has 1 rings (SSSR count). The molecule has 0 aliphatic carbocycles. The van der Waals surface area contributed by atoms with E-state index in [4.69, 9.17) is 14.0 Å². The Balaban J connectivity index is 2.49. The van der Waals surface area contributed by atoms with Crippen molar-refractivity contribution in [2.24, 2.45) is 5.41 Å². The molecule has 0 unspecified atom stereocenters. The van der Waals surface area contributed by atoms with E-state index in [-0.39, 0.29) is 11.2 Å². The molecule has 0 aromatic heterocycles. The van der Waals surface area contributed by atoms with Gasteiger partial charge in [0, 0.05) is 5.41 Å². The summed E-state index contributed by atoms with van der Waals surface area (Å²) in [7, 11) is -3.90. The summed E-state index contributed by atoms with van der Waals surface area (Å²) < 4.78 is 40.8. The third kappa shape index (κ3) is 4.46. The fraction of sp³-hybridized carbons (Fsp3) is 1.00. The van der Waals surface area contributed by atoms with Crippen molar-refractivity contribution in [3.8, 4) is 0 Å². The van der Waals surface area contributed by atoms with E-state index < -0.39 is 15.9 Å². The molecule has 0 bridgehead atoms. The predicted octanol–water partition coefficient (Wildman–Crippen LogP) is 1.05. The van der Waals surface area contributed by atoms with Gasteiger partial charge in [0.2, 0.25) is 0 Å². The first-order valence-corrected chi connectivity index (χ1v) is 6.46. The van der Waals surface area contributed by atoms with Crippen LogP contribution >= 0.6 is 0 Å². The SMILES string of the molecule is CC1(CCS(=O)(=O)O)COC(C)(C)OC1. The molecular formula is C9H18O5S. The Labute approximate surface area is 90.5 Å². The van der Waals surface area contributed by atoms with Crippen LogP contribution < -0.4 is 0 Å². The fourth-order valence-electron chi connectivity index (χ4n) is 1.30. The van der Waals surface area contributed by atoms with E-state index in [2.05, 4.69) is 0 Å². The molecule has 1 N–H and O–H groups in total. The average Bonchev–Trinajstić information content (AvgIpc) is 2.07. The van der Waals surface area contributed by atoms with Crippen LogP contribution in [0.25, 0.3) is 0 Å². The van der Waals surface area contributed by atoms with E-state index >= 15 is 0 Å². The predicted molar refractivity (Wildman–Crippen MR) is 55.1 cm³/mol. The molecule has 0 atom stereocenters. The van der Waals surface area contributed by atoms with Crippen LogP contribution in [-0.4, -0.2) is 37.7 Å². The number of hydrogen-bond donors (Lipinski definition) is 1. The zero-order chi connectivity index (χ0) is 11.7. The van der Waals surface area contributed by atoms with Crippen molar-refractivity contribution >= 4 is 10.1 Å². The molecule has 1 aliphatic rings. The third-order valence-corrected chi connectivity index (χ3v) is 3.22. The molecule has 0 aromatic carbocycles. The first kappa shape index (κ1) is 12.9. The number of rotatable bonds is 3. The minimum Gasteiger partial charge on any atom is -0.350 e. The van der Waals surface area contributed by atoms with Gasteiger partial charge in [-0.1, -0.05) is 6.92 Å². The number of ether oxygens (including phenoxy) is 2. The maximum absolute atomic E-state index is 10.6. The van der Waals surface area contributed by atoms with Gasteiger partial charge in [0.25, 0.3) is 10.1 Å². The second kappa shape index (κ2) is 4.01. The van der Waals surface area contributed by atoms with Crippen molar-refractivity contribution in [1.82, 2.24) is 0 Å². The first-order chi connectivity index (χ1) is 6.62. The van der Waals surface area contributed by atoms with Crippen molar-refractivity contribution in [3.05, 3.63) is 0 Å². The van der Waals surface area contributed by atoms with Crippen LogP contribution in [0, 0.1) is 5.41 Å². The van der Waals surface area contributed by atoms with E-state index in [1.165, 1.54) is 0 Å². The second-order valence-corrected chi connectivity index (χ2v) is 6.40. The van der Waals surface area contributed by atoms with E-state index in [1.54, 1.807) is 0 Å². The molecule has 0 radical (unpaired) electrons. The van der Waals surface area contributed by atoms with E-state index in [0.29, 0.717) is 19.6 Å². The summed E-state index contributed by atoms with van der Waals surface area (Å²) in [6.07, 6.45) is 0.335. The van der Waals surface area contributed by atoms with E-state index in [1.807, 2.05) is 20.8 Å². The summed E-state index contributed by atoms with van der Waals surface area (Å²) >= 11 is 0. The summed E-state index contributed by atoms with van der Waals surface area (Å²) in [5, 5.41) is 0. The summed E-state index contributed by atoms with van der Waals surface area (Å²) in [6.45, 7) is 6.39. The minimum absolute atomic E-state index is 0.253.